The molecule has 0 unspecified atom stereocenters. The molecule has 0 atom stereocenters. The molecular formula is C13H17ClN6O2. The van der Waals surface area contributed by atoms with E-state index in [0.29, 0.717) is 36.1 Å². The van der Waals surface area contributed by atoms with Gasteiger partial charge in [0.25, 0.3) is 5.95 Å². The number of anilines is 1. The van der Waals surface area contributed by atoms with Crippen molar-refractivity contribution in [2.75, 3.05) is 17.9 Å². The van der Waals surface area contributed by atoms with E-state index in [1.807, 2.05) is 13.8 Å². The molecule has 0 aliphatic carbocycles. The van der Waals surface area contributed by atoms with Crippen LogP contribution < -0.4 is 16.0 Å². The summed E-state index contributed by atoms with van der Waals surface area (Å²) in [4.78, 5) is 0. The topological polar surface area (TPSA) is 111 Å². The molecule has 0 saturated heterocycles. The second-order valence-electron chi connectivity index (χ2n) is 4.32. The van der Waals surface area contributed by atoms with E-state index in [4.69, 9.17) is 22.2 Å². The highest BCUT2D eigenvalue weighted by molar-refractivity contribution is 6.32. The molecule has 0 radical (unpaired) electrons. The lowest BCUT2D eigenvalue weighted by molar-refractivity contribution is 0.318. The first-order valence-electron chi connectivity index (χ1n) is 6.70. The number of aryl methyl sites for hydroxylation is 1. The van der Waals surface area contributed by atoms with Crippen LogP contribution in [0.25, 0.3) is 0 Å². The van der Waals surface area contributed by atoms with Crippen molar-refractivity contribution in [1.82, 2.24) is 14.9 Å². The number of hydrazone groups is 1. The van der Waals surface area contributed by atoms with Gasteiger partial charge in [0.2, 0.25) is 0 Å². The Morgan fingerprint density at radius 3 is 2.86 bits per heavy atom. The molecule has 1 heterocycles. The zero-order chi connectivity index (χ0) is 16.1. The number of nitrogen functional groups attached to an aromatic ring is 1. The van der Waals surface area contributed by atoms with Crippen LogP contribution in [0.4, 0.5) is 5.95 Å². The number of hydrogen-bond acceptors (Lipinski definition) is 7. The van der Waals surface area contributed by atoms with E-state index in [1.54, 1.807) is 12.1 Å². The number of nitrogens with zero attached hydrogens (tertiary/aromatic N) is 4. The molecular weight excluding hydrogens is 308 g/mol. The Kier molecular flexibility index (Phi) is 5.05. The largest absolute Gasteiger partial charge is 0.503 e. The van der Waals surface area contributed by atoms with E-state index in [-0.39, 0.29) is 10.8 Å². The normalized spacial score (nSPS) is 11.0. The lowest BCUT2D eigenvalue weighted by atomic mass is 10.2. The maximum atomic E-state index is 9.77. The lowest BCUT2D eigenvalue weighted by Gasteiger charge is -2.08. The molecule has 0 fully saturated rings. The SMILES string of the molecule is CCOc1cc(C=NNc2nnc(CC)n2N)cc(Cl)c1O. The summed E-state index contributed by atoms with van der Waals surface area (Å²) in [5.41, 5.74) is 3.34. The summed E-state index contributed by atoms with van der Waals surface area (Å²) >= 11 is 5.94. The highest BCUT2D eigenvalue weighted by Crippen LogP contribution is 2.34. The smallest absolute Gasteiger partial charge is 0.263 e. The van der Waals surface area contributed by atoms with Gasteiger partial charge in [0.05, 0.1) is 17.8 Å². The molecule has 4 N–H and O–H groups in total. The first-order valence-corrected chi connectivity index (χ1v) is 7.08. The molecule has 8 nitrogen and oxygen atoms in total. The molecule has 0 amide bonds. The van der Waals surface area contributed by atoms with Gasteiger partial charge in [0.15, 0.2) is 17.3 Å². The van der Waals surface area contributed by atoms with Gasteiger partial charge in [-0.2, -0.15) is 5.10 Å². The van der Waals surface area contributed by atoms with Crippen LogP contribution in [0.1, 0.15) is 25.2 Å². The summed E-state index contributed by atoms with van der Waals surface area (Å²) in [6.45, 7) is 4.15. The molecule has 0 spiro atoms. The average molecular weight is 325 g/mol. The van der Waals surface area contributed by atoms with E-state index < -0.39 is 0 Å². The van der Waals surface area contributed by atoms with Crippen molar-refractivity contribution in [2.45, 2.75) is 20.3 Å². The first-order chi connectivity index (χ1) is 10.6. The summed E-state index contributed by atoms with van der Waals surface area (Å²) in [6.07, 6.45) is 2.17. The Morgan fingerprint density at radius 1 is 1.45 bits per heavy atom. The average Bonchev–Trinajstić information content (AvgIpc) is 2.85. The fourth-order valence-corrected chi connectivity index (χ4v) is 1.96. The monoisotopic (exact) mass is 324 g/mol. The molecule has 9 heteroatoms. The Bertz CT molecular complexity index is 685. The van der Waals surface area contributed by atoms with Gasteiger partial charge < -0.3 is 15.7 Å². The lowest BCUT2D eigenvalue weighted by Crippen LogP contribution is -2.14. The molecule has 0 bridgehead atoms. The Labute approximate surface area is 132 Å². The quantitative estimate of drug-likeness (QED) is 0.424. The van der Waals surface area contributed by atoms with Crippen LogP contribution in [0.3, 0.4) is 0 Å². The summed E-state index contributed by atoms with van der Waals surface area (Å²) in [5.74, 6) is 6.95. The fraction of sp³-hybridized carbons (Fsp3) is 0.308. The third-order valence-electron chi connectivity index (χ3n) is 2.81. The van der Waals surface area contributed by atoms with Crippen LogP contribution >= 0.6 is 11.6 Å². The van der Waals surface area contributed by atoms with Gasteiger partial charge in [0.1, 0.15) is 0 Å². The highest BCUT2D eigenvalue weighted by Gasteiger charge is 2.09. The standard InChI is InChI=1S/C13H17ClN6O2/c1-3-11-17-19-13(20(11)15)18-16-7-8-5-9(14)12(21)10(6-8)22-4-2/h5-7,21H,3-4,15H2,1-2H3,(H,18,19). The van der Waals surface area contributed by atoms with Crippen molar-refractivity contribution in [3.63, 3.8) is 0 Å². The van der Waals surface area contributed by atoms with Crippen molar-refractivity contribution >= 4 is 23.8 Å². The predicted molar refractivity (Wildman–Crippen MR) is 85.1 cm³/mol. The van der Waals surface area contributed by atoms with Crippen molar-refractivity contribution in [2.24, 2.45) is 5.10 Å². The molecule has 2 aromatic rings. The predicted octanol–water partition coefficient (Wildman–Crippen LogP) is 1.76. The molecule has 0 aliphatic heterocycles. The third kappa shape index (κ3) is 3.40. The van der Waals surface area contributed by atoms with E-state index in [2.05, 4.69) is 20.7 Å². The van der Waals surface area contributed by atoms with Gasteiger partial charge in [-0.25, -0.2) is 10.1 Å². The minimum atomic E-state index is -0.0945. The number of aromatic hydroxyl groups is 1. The van der Waals surface area contributed by atoms with E-state index in [1.165, 1.54) is 10.9 Å². The van der Waals surface area contributed by atoms with Crippen LogP contribution in [0, 0.1) is 0 Å². The number of phenols is 1. The van der Waals surface area contributed by atoms with Gasteiger partial charge in [-0.3, -0.25) is 0 Å². The first kappa shape index (κ1) is 15.9. The van der Waals surface area contributed by atoms with Crippen LogP contribution in [0.5, 0.6) is 11.5 Å². The molecule has 2 rings (SSSR count). The molecule has 0 saturated carbocycles. The minimum Gasteiger partial charge on any atom is -0.503 e. The highest BCUT2D eigenvalue weighted by atomic mass is 35.5. The van der Waals surface area contributed by atoms with E-state index in [9.17, 15) is 5.11 Å². The van der Waals surface area contributed by atoms with Crippen molar-refractivity contribution < 1.29 is 9.84 Å². The van der Waals surface area contributed by atoms with E-state index >= 15 is 0 Å². The number of benzene rings is 1. The summed E-state index contributed by atoms with van der Waals surface area (Å²) in [5, 5.41) is 21.7. The van der Waals surface area contributed by atoms with Crippen molar-refractivity contribution in [3.05, 3.63) is 28.5 Å². The number of ether oxygens (including phenoxy) is 1. The maximum absolute atomic E-state index is 9.77. The molecule has 22 heavy (non-hydrogen) atoms. The molecule has 0 aliphatic rings. The summed E-state index contributed by atoms with van der Waals surface area (Å²) in [6, 6.07) is 3.19. The molecule has 1 aromatic carbocycles. The number of rotatable bonds is 6. The molecule has 1 aromatic heterocycles. The molecule has 118 valence electrons. The van der Waals surface area contributed by atoms with Crippen molar-refractivity contribution in [1.29, 1.82) is 0 Å². The number of hydrogen-bond donors (Lipinski definition) is 3. The van der Waals surface area contributed by atoms with Crippen LogP contribution in [0.15, 0.2) is 17.2 Å². The van der Waals surface area contributed by atoms with Crippen LogP contribution in [-0.4, -0.2) is 32.8 Å². The van der Waals surface area contributed by atoms with Crippen molar-refractivity contribution in [3.8, 4) is 11.5 Å². The van der Waals surface area contributed by atoms with Gasteiger partial charge in [-0.1, -0.05) is 18.5 Å². The maximum Gasteiger partial charge on any atom is 0.263 e. The summed E-state index contributed by atoms with van der Waals surface area (Å²) in [7, 11) is 0. The number of halogens is 1. The summed E-state index contributed by atoms with van der Waals surface area (Å²) < 4.78 is 6.62. The Hall–Kier alpha value is -2.48. The number of phenolic OH excluding ortho intramolecular Hbond substituents is 1. The number of nitrogens with one attached hydrogen (secondary N) is 1. The number of aromatic nitrogens is 3. The minimum absolute atomic E-state index is 0.0945. The zero-order valence-electron chi connectivity index (χ0n) is 12.2. The number of nitrogens with two attached hydrogens (primary N) is 1. The fourth-order valence-electron chi connectivity index (χ4n) is 1.74. The second-order valence-corrected chi connectivity index (χ2v) is 4.72. The van der Waals surface area contributed by atoms with Crippen LogP contribution in [-0.2, 0) is 6.42 Å². The Balaban J connectivity index is 2.14. The van der Waals surface area contributed by atoms with Gasteiger partial charge in [0, 0.05) is 6.42 Å². The Morgan fingerprint density at radius 2 is 2.23 bits per heavy atom. The van der Waals surface area contributed by atoms with Gasteiger partial charge in [-0.15, -0.1) is 10.2 Å². The third-order valence-corrected chi connectivity index (χ3v) is 3.10. The van der Waals surface area contributed by atoms with Gasteiger partial charge >= 0.3 is 0 Å². The van der Waals surface area contributed by atoms with Crippen LogP contribution in [0.2, 0.25) is 5.02 Å². The second kappa shape index (κ2) is 6.99. The zero-order valence-corrected chi connectivity index (χ0v) is 13.0. The van der Waals surface area contributed by atoms with E-state index in [0.717, 1.165) is 0 Å². The van der Waals surface area contributed by atoms with Gasteiger partial charge in [-0.05, 0) is 24.6 Å².